The molecule has 0 radical (unpaired) electrons. The fourth-order valence-corrected chi connectivity index (χ4v) is 4.77. The van der Waals surface area contributed by atoms with Gasteiger partial charge in [0.2, 0.25) is 12.0 Å². The average Bonchev–Trinajstić information content (AvgIpc) is 3.41. The van der Waals surface area contributed by atoms with Gasteiger partial charge in [-0.1, -0.05) is 30.3 Å². The van der Waals surface area contributed by atoms with Gasteiger partial charge in [0, 0.05) is 19.6 Å². The van der Waals surface area contributed by atoms with Crippen LogP contribution in [-0.4, -0.2) is 61.5 Å². The lowest BCUT2D eigenvalue weighted by Crippen LogP contribution is -2.52. The van der Waals surface area contributed by atoms with Crippen LogP contribution in [0.2, 0.25) is 0 Å². The smallest absolute Gasteiger partial charge is 0.225 e. The van der Waals surface area contributed by atoms with E-state index in [9.17, 15) is 0 Å². The molecule has 3 aromatic rings. The molecule has 38 heavy (non-hydrogen) atoms. The Morgan fingerprint density at radius 2 is 1.63 bits per heavy atom. The Morgan fingerprint density at radius 3 is 2.47 bits per heavy atom. The molecule has 0 saturated carbocycles. The standard InChI is InChI=1S/C30H30N5O3/c1-2-6-27(7-3-1)38-28-12-10-25(11-13-28)34(35-18-14-31-22-26(35)23-32-24-35)29-8-4-5-9-30(29)37-21-17-33-15-19-36-20-16-33/h1-14,18,22-24H,15-17,19-21H2/q+1. The van der Waals surface area contributed by atoms with Gasteiger partial charge in [0.1, 0.15) is 29.5 Å². The molecule has 3 heterocycles. The lowest BCUT2D eigenvalue weighted by atomic mass is 10.2. The Balaban J connectivity index is 1.32. The average molecular weight is 509 g/mol. The van der Waals surface area contributed by atoms with E-state index in [1.165, 1.54) is 0 Å². The second-order valence-electron chi connectivity index (χ2n) is 9.12. The van der Waals surface area contributed by atoms with E-state index in [0.717, 1.165) is 67.2 Å². The van der Waals surface area contributed by atoms with Crippen LogP contribution in [0.25, 0.3) is 0 Å². The molecule has 6 rings (SSSR count). The van der Waals surface area contributed by atoms with Crippen molar-refractivity contribution in [2.24, 2.45) is 9.98 Å². The van der Waals surface area contributed by atoms with Gasteiger partial charge in [-0.15, -0.1) is 4.59 Å². The van der Waals surface area contributed by atoms with Gasteiger partial charge < -0.3 is 14.2 Å². The Kier molecular flexibility index (Phi) is 6.99. The van der Waals surface area contributed by atoms with Gasteiger partial charge in [0.25, 0.3) is 0 Å². The van der Waals surface area contributed by atoms with Crippen LogP contribution in [0.15, 0.2) is 113 Å². The zero-order chi connectivity index (χ0) is 25.6. The fraction of sp³-hybridized carbons (Fsp3) is 0.200. The molecular formula is C30H30N5O3+. The molecule has 8 heteroatoms. The Morgan fingerprint density at radius 1 is 0.868 bits per heavy atom. The van der Waals surface area contributed by atoms with Crippen molar-refractivity contribution in [1.82, 2.24) is 4.90 Å². The van der Waals surface area contributed by atoms with Crippen LogP contribution < -0.4 is 14.5 Å². The van der Waals surface area contributed by atoms with Gasteiger partial charge >= 0.3 is 0 Å². The van der Waals surface area contributed by atoms with Crippen LogP contribution in [0.1, 0.15) is 0 Å². The largest absolute Gasteiger partial charge is 0.490 e. The van der Waals surface area contributed by atoms with Crippen molar-refractivity contribution in [3.8, 4) is 17.2 Å². The summed E-state index contributed by atoms with van der Waals surface area (Å²) in [5.41, 5.74) is 2.81. The molecule has 1 fully saturated rings. The van der Waals surface area contributed by atoms with Crippen LogP contribution in [0, 0.1) is 0 Å². The number of anilines is 2. The third-order valence-corrected chi connectivity index (χ3v) is 6.70. The highest BCUT2D eigenvalue weighted by atomic mass is 16.5. The summed E-state index contributed by atoms with van der Waals surface area (Å²) >= 11 is 0. The lowest BCUT2D eigenvalue weighted by molar-refractivity contribution is -0.734. The van der Waals surface area contributed by atoms with Crippen molar-refractivity contribution >= 4 is 23.9 Å². The monoisotopic (exact) mass is 508 g/mol. The van der Waals surface area contributed by atoms with Crippen molar-refractivity contribution in [2.45, 2.75) is 0 Å². The molecule has 0 aliphatic carbocycles. The summed E-state index contributed by atoms with van der Waals surface area (Å²) < 4.78 is 18.2. The number of rotatable bonds is 9. The zero-order valence-electron chi connectivity index (χ0n) is 21.1. The highest BCUT2D eigenvalue weighted by Crippen LogP contribution is 2.42. The topological polar surface area (TPSA) is 58.9 Å². The van der Waals surface area contributed by atoms with Crippen LogP contribution in [-0.2, 0) is 4.74 Å². The minimum absolute atomic E-state index is 0.242. The molecular weight excluding hydrogens is 478 g/mol. The summed E-state index contributed by atoms with van der Waals surface area (Å²) in [6.45, 7) is 4.85. The first kappa shape index (κ1) is 24.1. The van der Waals surface area contributed by atoms with Gasteiger partial charge in [0.05, 0.1) is 37.5 Å². The van der Waals surface area contributed by atoms with E-state index in [0.29, 0.717) is 6.61 Å². The van der Waals surface area contributed by atoms with E-state index < -0.39 is 0 Å². The second-order valence-corrected chi connectivity index (χ2v) is 9.12. The number of morpholine rings is 1. The predicted molar refractivity (Wildman–Crippen MR) is 149 cm³/mol. The molecule has 3 aliphatic rings. The third-order valence-electron chi connectivity index (χ3n) is 6.70. The van der Waals surface area contributed by atoms with Crippen LogP contribution in [0.5, 0.6) is 17.2 Å². The number of para-hydroxylation sites is 3. The van der Waals surface area contributed by atoms with Crippen molar-refractivity contribution in [1.29, 1.82) is 0 Å². The van der Waals surface area contributed by atoms with E-state index in [1.807, 2.05) is 85.6 Å². The van der Waals surface area contributed by atoms with E-state index >= 15 is 0 Å². The quantitative estimate of drug-likeness (QED) is 0.357. The minimum atomic E-state index is 0.242. The van der Waals surface area contributed by atoms with E-state index in [-0.39, 0.29) is 4.59 Å². The number of fused-ring (bicyclic) bond motifs is 1. The van der Waals surface area contributed by atoms with Gasteiger partial charge in [-0.2, -0.15) is 5.01 Å². The number of allylic oxidation sites excluding steroid dienone is 1. The maximum atomic E-state index is 6.40. The van der Waals surface area contributed by atoms with E-state index in [1.54, 1.807) is 6.20 Å². The molecule has 0 spiro atoms. The normalized spacial score (nSPS) is 20.2. The first-order valence-electron chi connectivity index (χ1n) is 12.8. The minimum Gasteiger partial charge on any atom is -0.490 e. The number of quaternary nitrogens is 1. The van der Waals surface area contributed by atoms with Gasteiger partial charge in [0.15, 0.2) is 6.20 Å². The highest BCUT2D eigenvalue weighted by Gasteiger charge is 2.43. The first-order valence-corrected chi connectivity index (χ1v) is 12.8. The molecule has 0 N–H and O–H groups in total. The number of ether oxygens (including phenoxy) is 3. The van der Waals surface area contributed by atoms with Crippen LogP contribution in [0.3, 0.4) is 0 Å². The Labute approximate surface area is 222 Å². The highest BCUT2D eigenvalue weighted by molar-refractivity contribution is 5.84. The molecule has 1 saturated heterocycles. The van der Waals surface area contributed by atoms with Crippen molar-refractivity contribution < 1.29 is 18.8 Å². The molecule has 1 unspecified atom stereocenters. The van der Waals surface area contributed by atoms with Crippen molar-refractivity contribution in [3.05, 3.63) is 103 Å². The molecule has 0 amide bonds. The zero-order valence-corrected chi connectivity index (χ0v) is 21.1. The summed E-state index contributed by atoms with van der Waals surface area (Å²) in [4.78, 5) is 11.2. The van der Waals surface area contributed by atoms with Gasteiger partial charge in [-0.3, -0.25) is 9.89 Å². The van der Waals surface area contributed by atoms with Gasteiger partial charge in [-0.25, -0.2) is 4.99 Å². The number of hydrogen-bond acceptors (Lipinski definition) is 7. The SMILES string of the molecule is C1=C[N+]2(N(c3ccc(Oc4ccccc4)cc3)c3ccccc3OCCN3CCOCC3)C=NC=C2C=N1. The van der Waals surface area contributed by atoms with E-state index in [4.69, 9.17) is 14.2 Å². The number of aliphatic imine (C=N–C) groups is 2. The summed E-state index contributed by atoms with van der Waals surface area (Å²) in [6.07, 6.45) is 9.40. The summed E-state index contributed by atoms with van der Waals surface area (Å²) in [5.74, 6) is 2.36. The molecule has 3 aliphatic heterocycles. The summed E-state index contributed by atoms with van der Waals surface area (Å²) in [7, 11) is 0. The lowest BCUT2D eigenvalue weighted by Gasteiger charge is -2.39. The van der Waals surface area contributed by atoms with E-state index in [2.05, 4.69) is 38.1 Å². The fourth-order valence-electron chi connectivity index (χ4n) is 4.77. The molecule has 0 bridgehead atoms. The Hall–Kier alpha value is -4.24. The third kappa shape index (κ3) is 4.97. The molecule has 192 valence electrons. The van der Waals surface area contributed by atoms with Crippen molar-refractivity contribution in [3.63, 3.8) is 0 Å². The van der Waals surface area contributed by atoms with Crippen LogP contribution in [0.4, 0.5) is 11.4 Å². The van der Waals surface area contributed by atoms with Crippen molar-refractivity contribution in [2.75, 3.05) is 44.5 Å². The predicted octanol–water partition coefficient (Wildman–Crippen LogP) is 5.50. The number of hydrogen-bond donors (Lipinski definition) is 0. The molecule has 0 aromatic heterocycles. The van der Waals surface area contributed by atoms with Gasteiger partial charge in [-0.05, 0) is 48.5 Å². The summed E-state index contributed by atoms with van der Waals surface area (Å²) in [6, 6.07) is 26.0. The first-order chi connectivity index (χ1) is 18.8. The van der Waals surface area contributed by atoms with Crippen LogP contribution >= 0.6 is 0 Å². The number of nitrogens with zero attached hydrogens (tertiary/aromatic N) is 5. The second kappa shape index (κ2) is 11.0. The molecule has 1 atom stereocenters. The Bertz CT molecular complexity index is 1360. The number of benzene rings is 3. The molecule has 3 aromatic carbocycles. The summed E-state index contributed by atoms with van der Waals surface area (Å²) in [5, 5.41) is 2.19. The maximum absolute atomic E-state index is 6.40. The molecule has 8 nitrogen and oxygen atoms in total. The maximum Gasteiger partial charge on any atom is 0.225 e.